The number of hydrogen-bond donors (Lipinski definition) is 2. The number of rotatable bonds is 1. The molecular formula is C17H21NO2. The summed E-state index contributed by atoms with van der Waals surface area (Å²) in [5, 5.41) is 13.8. The summed E-state index contributed by atoms with van der Waals surface area (Å²) in [6.07, 6.45) is 5.00. The molecule has 106 valence electrons. The highest BCUT2D eigenvalue weighted by molar-refractivity contribution is 6.23. The Bertz CT molecular complexity index is 595. The molecule has 0 atom stereocenters. The first-order valence-corrected chi connectivity index (χ1v) is 7.37. The maximum atomic E-state index is 12.4. The van der Waals surface area contributed by atoms with E-state index in [0.29, 0.717) is 5.57 Å². The second-order valence-electron chi connectivity index (χ2n) is 6.14. The third-order valence-electron chi connectivity index (χ3n) is 4.64. The van der Waals surface area contributed by atoms with Gasteiger partial charge in [-0.05, 0) is 37.8 Å². The Kier molecular flexibility index (Phi) is 3.08. The van der Waals surface area contributed by atoms with Crippen molar-refractivity contribution in [2.45, 2.75) is 51.5 Å². The summed E-state index contributed by atoms with van der Waals surface area (Å²) in [6, 6.07) is 6.02. The smallest absolute Gasteiger partial charge is 0.256 e. The van der Waals surface area contributed by atoms with Gasteiger partial charge in [-0.15, -0.1) is 0 Å². The predicted octanol–water partition coefficient (Wildman–Crippen LogP) is 3.41. The van der Waals surface area contributed by atoms with Crippen LogP contribution in [-0.2, 0) is 4.79 Å². The second-order valence-corrected chi connectivity index (χ2v) is 6.14. The summed E-state index contributed by atoms with van der Waals surface area (Å²) in [4.78, 5) is 12.4. The summed E-state index contributed by atoms with van der Waals surface area (Å²) in [5.74, 6) is 0.133. The Morgan fingerprint density at radius 2 is 1.85 bits per heavy atom. The number of carbonyl (C=O) groups is 1. The normalized spacial score (nSPS) is 21.4. The predicted molar refractivity (Wildman–Crippen MR) is 79.4 cm³/mol. The highest BCUT2D eigenvalue weighted by Gasteiger charge is 2.46. The molecule has 1 heterocycles. The number of benzene rings is 1. The van der Waals surface area contributed by atoms with Gasteiger partial charge in [0.15, 0.2) is 0 Å². The molecule has 2 aliphatic rings. The Balaban J connectivity index is 2.11. The van der Waals surface area contributed by atoms with Crippen LogP contribution in [0.1, 0.15) is 48.8 Å². The largest absolute Gasteiger partial charge is 0.509 e. The van der Waals surface area contributed by atoms with E-state index in [2.05, 4.69) is 5.32 Å². The number of aryl methyl sites for hydroxylation is 2. The quantitative estimate of drug-likeness (QED) is 0.822. The monoisotopic (exact) mass is 271 g/mol. The molecule has 1 aliphatic carbocycles. The van der Waals surface area contributed by atoms with Crippen LogP contribution in [0, 0.1) is 13.8 Å². The van der Waals surface area contributed by atoms with Gasteiger partial charge in [0.2, 0.25) is 0 Å². The third kappa shape index (κ3) is 1.92. The Hall–Kier alpha value is -1.77. The number of amides is 1. The van der Waals surface area contributed by atoms with E-state index in [4.69, 9.17) is 0 Å². The van der Waals surface area contributed by atoms with E-state index in [1.54, 1.807) is 0 Å². The van der Waals surface area contributed by atoms with Crippen molar-refractivity contribution in [3.63, 3.8) is 0 Å². The van der Waals surface area contributed by atoms with Gasteiger partial charge in [-0.25, -0.2) is 0 Å². The highest BCUT2D eigenvalue weighted by atomic mass is 16.3. The summed E-state index contributed by atoms with van der Waals surface area (Å²) in [7, 11) is 0. The van der Waals surface area contributed by atoms with Crippen molar-refractivity contribution in [3.8, 4) is 0 Å². The van der Waals surface area contributed by atoms with Gasteiger partial charge in [-0.1, -0.05) is 43.0 Å². The van der Waals surface area contributed by atoms with Crippen molar-refractivity contribution in [2.24, 2.45) is 0 Å². The lowest BCUT2D eigenvalue weighted by molar-refractivity contribution is -0.116. The van der Waals surface area contributed by atoms with Crippen LogP contribution >= 0.6 is 0 Å². The van der Waals surface area contributed by atoms with Crippen molar-refractivity contribution in [1.82, 2.24) is 5.32 Å². The zero-order valence-electron chi connectivity index (χ0n) is 12.1. The summed E-state index contributed by atoms with van der Waals surface area (Å²) in [6.45, 7) is 3.98. The number of carbonyl (C=O) groups excluding carboxylic acids is 1. The fourth-order valence-electron chi connectivity index (χ4n) is 3.46. The van der Waals surface area contributed by atoms with E-state index < -0.39 is 5.54 Å². The molecule has 0 bridgehead atoms. The molecular weight excluding hydrogens is 250 g/mol. The van der Waals surface area contributed by atoms with Gasteiger partial charge in [-0.2, -0.15) is 0 Å². The van der Waals surface area contributed by atoms with Crippen molar-refractivity contribution in [3.05, 3.63) is 40.6 Å². The first-order chi connectivity index (χ1) is 9.53. The van der Waals surface area contributed by atoms with E-state index in [1.165, 1.54) is 6.42 Å². The van der Waals surface area contributed by atoms with Gasteiger partial charge in [0.25, 0.3) is 5.91 Å². The van der Waals surface area contributed by atoms with Gasteiger partial charge in [-0.3, -0.25) is 4.79 Å². The lowest BCUT2D eigenvalue weighted by Gasteiger charge is -2.33. The average molecular weight is 271 g/mol. The van der Waals surface area contributed by atoms with E-state index in [1.807, 2.05) is 32.0 Å². The first-order valence-electron chi connectivity index (χ1n) is 7.37. The summed E-state index contributed by atoms with van der Waals surface area (Å²) < 4.78 is 0. The van der Waals surface area contributed by atoms with Crippen molar-refractivity contribution >= 4 is 11.5 Å². The lowest BCUT2D eigenvalue weighted by Crippen LogP contribution is -2.46. The van der Waals surface area contributed by atoms with Crippen LogP contribution in [0.2, 0.25) is 0 Å². The first kappa shape index (κ1) is 13.2. The second kappa shape index (κ2) is 4.65. The van der Waals surface area contributed by atoms with Crippen LogP contribution in [0.25, 0.3) is 5.57 Å². The zero-order chi connectivity index (χ0) is 14.3. The Morgan fingerprint density at radius 1 is 1.15 bits per heavy atom. The molecule has 3 heteroatoms. The zero-order valence-corrected chi connectivity index (χ0v) is 12.1. The van der Waals surface area contributed by atoms with Gasteiger partial charge < -0.3 is 10.4 Å². The highest BCUT2D eigenvalue weighted by Crippen LogP contribution is 2.41. The minimum absolute atomic E-state index is 0.127. The average Bonchev–Trinajstić information content (AvgIpc) is 2.65. The van der Waals surface area contributed by atoms with Crippen LogP contribution in [0.4, 0.5) is 0 Å². The fourth-order valence-corrected chi connectivity index (χ4v) is 3.46. The van der Waals surface area contributed by atoms with E-state index in [0.717, 1.165) is 42.4 Å². The molecule has 1 spiro atoms. The Morgan fingerprint density at radius 3 is 2.55 bits per heavy atom. The molecule has 20 heavy (non-hydrogen) atoms. The fraction of sp³-hybridized carbons (Fsp3) is 0.471. The topological polar surface area (TPSA) is 49.3 Å². The maximum absolute atomic E-state index is 12.4. The molecule has 0 unspecified atom stereocenters. The van der Waals surface area contributed by atoms with Crippen molar-refractivity contribution < 1.29 is 9.90 Å². The van der Waals surface area contributed by atoms with E-state index in [-0.39, 0.29) is 11.7 Å². The van der Waals surface area contributed by atoms with E-state index in [9.17, 15) is 9.90 Å². The third-order valence-corrected chi connectivity index (χ3v) is 4.64. The van der Waals surface area contributed by atoms with Gasteiger partial charge in [0, 0.05) is 0 Å². The van der Waals surface area contributed by atoms with Crippen molar-refractivity contribution in [2.75, 3.05) is 0 Å². The molecule has 3 rings (SSSR count). The van der Waals surface area contributed by atoms with Gasteiger partial charge in [0.1, 0.15) is 5.76 Å². The van der Waals surface area contributed by atoms with Gasteiger partial charge in [0.05, 0.1) is 11.1 Å². The minimum Gasteiger partial charge on any atom is -0.509 e. The molecule has 1 aromatic carbocycles. The molecule has 0 radical (unpaired) electrons. The lowest BCUT2D eigenvalue weighted by atomic mass is 9.80. The maximum Gasteiger partial charge on any atom is 0.256 e. The van der Waals surface area contributed by atoms with Crippen LogP contribution in [0.5, 0.6) is 0 Å². The number of aliphatic hydroxyl groups excluding tert-OH is 1. The molecule has 1 amide bonds. The minimum atomic E-state index is -0.499. The molecule has 0 saturated heterocycles. The van der Waals surface area contributed by atoms with Crippen molar-refractivity contribution in [1.29, 1.82) is 0 Å². The molecule has 1 fully saturated rings. The molecule has 1 aromatic rings. The molecule has 1 saturated carbocycles. The standard InChI is InChI=1S/C17H21NO2/c1-11-6-7-12(2)13(10-11)14-15(19)17(18-16(14)20)8-4-3-5-9-17/h6-7,10,19H,3-5,8-9H2,1-2H3,(H,18,20). The van der Waals surface area contributed by atoms with E-state index >= 15 is 0 Å². The Labute approximate surface area is 119 Å². The number of hydrogen-bond acceptors (Lipinski definition) is 2. The SMILES string of the molecule is Cc1ccc(C)c(C2=C(O)C3(CCCCC3)NC2=O)c1. The van der Waals surface area contributed by atoms with Crippen LogP contribution in [-0.4, -0.2) is 16.6 Å². The van der Waals surface area contributed by atoms with Crippen LogP contribution < -0.4 is 5.32 Å². The molecule has 3 nitrogen and oxygen atoms in total. The number of aliphatic hydroxyl groups is 1. The summed E-state index contributed by atoms with van der Waals surface area (Å²) in [5.41, 5.74) is 2.97. The molecule has 2 N–H and O–H groups in total. The molecule has 1 aliphatic heterocycles. The van der Waals surface area contributed by atoms with Gasteiger partial charge >= 0.3 is 0 Å². The van der Waals surface area contributed by atoms with Crippen LogP contribution in [0.15, 0.2) is 24.0 Å². The summed E-state index contributed by atoms with van der Waals surface area (Å²) >= 11 is 0. The van der Waals surface area contributed by atoms with Crippen LogP contribution in [0.3, 0.4) is 0 Å². The number of nitrogens with one attached hydrogen (secondary N) is 1. The molecule has 0 aromatic heterocycles.